The fourth-order valence-electron chi connectivity index (χ4n) is 3.15. The van der Waals surface area contributed by atoms with Crippen LogP contribution in [-0.4, -0.2) is 27.2 Å². The standard InChI is InChI=1S/C22H20N4O.CO2/c1-3-15-7-9-16(10-8-15)21-19-11-12-20(24-22(19)26-25-21)17-5-4-6-18(13-17)23-14(2)27;2-1-3/h4-13H,3H2,1-2H3,(H,23,27)(H,24,25,26);. The number of aryl methyl sites for hydroxylation is 1. The van der Waals surface area contributed by atoms with Gasteiger partial charge in [-0.1, -0.05) is 43.3 Å². The van der Waals surface area contributed by atoms with Gasteiger partial charge in [0.25, 0.3) is 0 Å². The molecule has 2 aromatic carbocycles. The molecular formula is C23H20N4O3. The summed E-state index contributed by atoms with van der Waals surface area (Å²) in [5.74, 6) is -0.0957. The van der Waals surface area contributed by atoms with Gasteiger partial charge in [-0.25, -0.2) is 4.98 Å². The number of rotatable bonds is 4. The predicted molar refractivity (Wildman–Crippen MR) is 113 cm³/mol. The fourth-order valence-corrected chi connectivity index (χ4v) is 3.15. The van der Waals surface area contributed by atoms with Gasteiger partial charge in [-0.3, -0.25) is 9.89 Å². The molecule has 2 aromatic heterocycles. The van der Waals surface area contributed by atoms with Gasteiger partial charge in [0.05, 0.1) is 11.4 Å². The van der Waals surface area contributed by atoms with Gasteiger partial charge in [-0.15, -0.1) is 0 Å². The number of fused-ring (bicyclic) bond motifs is 1. The van der Waals surface area contributed by atoms with E-state index in [-0.39, 0.29) is 12.1 Å². The third-order valence-corrected chi connectivity index (χ3v) is 4.55. The first-order valence-corrected chi connectivity index (χ1v) is 9.37. The molecule has 1 amide bonds. The van der Waals surface area contributed by atoms with E-state index in [1.165, 1.54) is 12.5 Å². The zero-order chi connectivity index (χ0) is 21.5. The van der Waals surface area contributed by atoms with E-state index in [2.05, 4.69) is 46.7 Å². The van der Waals surface area contributed by atoms with E-state index in [1.807, 2.05) is 36.4 Å². The van der Waals surface area contributed by atoms with Crippen molar-refractivity contribution in [2.75, 3.05) is 5.32 Å². The second-order valence-electron chi connectivity index (χ2n) is 6.56. The Hall–Kier alpha value is -4.09. The Morgan fingerprint density at radius 1 is 1.03 bits per heavy atom. The zero-order valence-corrected chi connectivity index (χ0v) is 16.6. The van der Waals surface area contributed by atoms with Crippen LogP contribution in [-0.2, 0) is 20.8 Å². The number of amides is 1. The molecule has 4 rings (SSSR count). The molecule has 7 nitrogen and oxygen atoms in total. The summed E-state index contributed by atoms with van der Waals surface area (Å²) in [4.78, 5) is 32.2. The van der Waals surface area contributed by atoms with Gasteiger partial charge in [0.15, 0.2) is 5.65 Å². The van der Waals surface area contributed by atoms with Crippen molar-refractivity contribution >= 4 is 28.8 Å². The van der Waals surface area contributed by atoms with E-state index in [9.17, 15) is 4.79 Å². The van der Waals surface area contributed by atoms with Crippen molar-refractivity contribution in [3.63, 3.8) is 0 Å². The summed E-state index contributed by atoms with van der Waals surface area (Å²) in [6.45, 7) is 3.64. The van der Waals surface area contributed by atoms with Crippen molar-refractivity contribution < 1.29 is 14.4 Å². The number of H-pyrrole nitrogens is 1. The van der Waals surface area contributed by atoms with Gasteiger partial charge >= 0.3 is 6.15 Å². The fraction of sp³-hybridized carbons (Fsp3) is 0.130. The number of aromatic nitrogens is 3. The van der Waals surface area contributed by atoms with Crippen LogP contribution in [0.15, 0.2) is 60.7 Å². The van der Waals surface area contributed by atoms with E-state index in [1.54, 1.807) is 0 Å². The summed E-state index contributed by atoms with van der Waals surface area (Å²) in [7, 11) is 0. The molecule has 0 bridgehead atoms. The number of nitrogens with zero attached hydrogens (tertiary/aromatic N) is 2. The van der Waals surface area contributed by atoms with Crippen LogP contribution in [0.1, 0.15) is 19.4 Å². The van der Waals surface area contributed by atoms with Crippen LogP contribution in [0.4, 0.5) is 5.69 Å². The van der Waals surface area contributed by atoms with E-state index >= 15 is 0 Å². The molecule has 0 saturated carbocycles. The SMILES string of the molecule is CCc1ccc(-c2[nH]nc3nc(-c4cccc(NC(C)=O)c4)ccc23)cc1.O=C=O. The maximum Gasteiger partial charge on any atom is 0.373 e. The second kappa shape index (κ2) is 9.41. The normalized spacial score (nSPS) is 10.1. The molecule has 0 aliphatic heterocycles. The molecular weight excluding hydrogens is 380 g/mol. The molecule has 30 heavy (non-hydrogen) atoms. The number of pyridine rings is 1. The van der Waals surface area contributed by atoms with E-state index in [4.69, 9.17) is 14.6 Å². The Bertz CT molecular complexity index is 1210. The highest BCUT2D eigenvalue weighted by atomic mass is 16.2. The highest BCUT2D eigenvalue weighted by molar-refractivity contribution is 5.92. The molecule has 0 atom stereocenters. The third kappa shape index (κ3) is 4.66. The highest BCUT2D eigenvalue weighted by Crippen LogP contribution is 2.28. The van der Waals surface area contributed by atoms with Crippen LogP contribution in [0.3, 0.4) is 0 Å². The molecule has 150 valence electrons. The zero-order valence-electron chi connectivity index (χ0n) is 16.6. The molecule has 7 heteroatoms. The average Bonchev–Trinajstić information content (AvgIpc) is 3.17. The monoisotopic (exact) mass is 400 g/mol. The first-order valence-electron chi connectivity index (χ1n) is 9.37. The summed E-state index contributed by atoms with van der Waals surface area (Å²) < 4.78 is 0. The Balaban J connectivity index is 0.000000806. The summed E-state index contributed by atoms with van der Waals surface area (Å²) >= 11 is 0. The maximum absolute atomic E-state index is 11.3. The number of hydrogen-bond donors (Lipinski definition) is 2. The minimum atomic E-state index is -0.0957. The van der Waals surface area contributed by atoms with Crippen LogP contribution in [0.25, 0.3) is 33.5 Å². The Morgan fingerprint density at radius 3 is 2.43 bits per heavy atom. The molecule has 4 aromatic rings. The van der Waals surface area contributed by atoms with Crippen molar-refractivity contribution in [1.29, 1.82) is 0 Å². The first kappa shape index (κ1) is 20.6. The van der Waals surface area contributed by atoms with Crippen molar-refractivity contribution in [3.8, 4) is 22.5 Å². The highest BCUT2D eigenvalue weighted by Gasteiger charge is 2.11. The van der Waals surface area contributed by atoms with Crippen LogP contribution >= 0.6 is 0 Å². The van der Waals surface area contributed by atoms with Crippen molar-refractivity contribution in [2.45, 2.75) is 20.3 Å². The number of carbonyl (C=O) groups excluding carboxylic acids is 3. The molecule has 0 saturated heterocycles. The van der Waals surface area contributed by atoms with Crippen molar-refractivity contribution in [1.82, 2.24) is 15.2 Å². The van der Waals surface area contributed by atoms with Crippen molar-refractivity contribution in [3.05, 3.63) is 66.2 Å². The molecule has 2 heterocycles. The van der Waals surface area contributed by atoms with Crippen molar-refractivity contribution in [2.24, 2.45) is 0 Å². The molecule has 0 fully saturated rings. The second-order valence-corrected chi connectivity index (χ2v) is 6.56. The molecule has 0 radical (unpaired) electrons. The Morgan fingerprint density at radius 2 is 1.77 bits per heavy atom. The quantitative estimate of drug-likeness (QED) is 0.533. The molecule has 0 aliphatic carbocycles. The first-order chi connectivity index (χ1) is 14.5. The Labute approximate surface area is 173 Å². The van der Waals surface area contributed by atoms with Gasteiger partial charge in [-0.05, 0) is 36.2 Å². The minimum absolute atomic E-state index is 0.0957. The van der Waals surface area contributed by atoms with Crippen LogP contribution in [0.5, 0.6) is 0 Å². The van der Waals surface area contributed by atoms with E-state index in [0.29, 0.717) is 5.65 Å². The number of benzene rings is 2. The van der Waals surface area contributed by atoms with Gasteiger partial charge in [0.2, 0.25) is 5.91 Å². The van der Waals surface area contributed by atoms with E-state index < -0.39 is 0 Å². The number of nitrogens with one attached hydrogen (secondary N) is 2. The lowest BCUT2D eigenvalue weighted by atomic mass is 10.0. The lowest BCUT2D eigenvalue weighted by molar-refractivity contribution is -0.191. The van der Waals surface area contributed by atoms with E-state index in [0.717, 1.165) is 40.0 Å². The number of anilines is 1. The van der Waals surface area contributed by atoms with Gasteiger partial charge in [0.1, 0.15) is 0 Å². The summed E-state index contributed by atoms with van der Waals surface area (Å²) in [6.07, 6.45) is 1.27. The van der Waals surface area contributed by atoms with Crippen LogP contribution in [0.2, 0.25) is 0 Å². The molecule has 2 N–H and O–H groups in total. The topological polar surface area (TPSA) is 105 Å². The lowest BCUT2D eigenvalue weighted by Crippen LogP contribution is -2.05. The van der Waals surface area contributed by atoms with Gasteiger partial charge in [-0.2, -0.15) is 14.7 Å². The van der Waals surface area contributed by atoms with Gasteiger partial charge < -0.3 is 5.32 Å². The number of aromatic amines is 1. The molecule has 0 unspecified atom stereocenters. The smallest absolute Gasteiger partial charge is 0.326 e. The Kier molecular flexibility index (Phi) is 6.47. The average molecular weight is 400 g/mol. The van der Waals surface area contributed by atoms with Gasteiger partial charge in [0, 0.05) is 29.1 Å². The lowest BCUT2D eigenvalue weighted by Gasteiger charge is -2.06. The predicted octanol–water partition coefficient (Wildman–Crippen LogP) is 4.23. The minimum Gasteiger partial charge on any atom is -0.326 e. The molecule has 0 aliphatic rings. The number of hydrogen-bond acceptors (Lipinski definition) is 5. The largest absolute Gasteiger partial charge is 0.373 e. The van der Waals surface area contributed by atoms with Crippen LogP contribution < -0.4 is 5.32 Å². The van der Waals surface area contributed by atoms with Crippen LogP contribution in [0, 0.1) is 0 Å². The summed E-state index contributed by atoms with van der Waals surface area (Å²) in [5, 5.41) is 11.3. The number of carbonyl (C=O) groups is 1. The summed E-state index contributed by atoms with van der Waals surface area (Å²) in [6, 6.07) is 20.1. The molecule has 0 spiro atoms. The maximum atomic E-state index is 11.3. The summed E-state index contributed by atoms with van der Waals surface area (Å²) in [5.41, 5.74) is 6.54. The third-order valence-electron chi connectivity index (χ3n) is 4.55.